The van der Waals surface area contributed by atoms with Gasteiger partial charge in [-0.3, -0.25) is 14.4 Å². The van der Waals surface area contributed by atoms with Gasteiger partial charge < -0.3 is 4.90 Å². The van der Waals surface area contributed by atoms with E-state index in [1.165, 1.54) is 4.90 Å². The molecule has 6 heteroatoms. The predicted molar refractivity (Wildman–Crippen MR) is 124 cm³/mol. The van der Waals surface area contributed by atoms with Gasteiger partial charge >= 0.3 is 0 Å². The van der Waals surface area contributed by atoms with Crippen molar-refractivity contribution in [1.82, 2.24) is 0 Å². The van der Waals surface area contributed by atoms with Gasteiger partial charge in [-0.05, 0) is 54.4 Å². The van der Waals surface area contributed by atoms with E-state index in [9.17, 15) is 9.59 Å². The van der Waals surface area contributed by atoms with E-state index in [4.69, 9.17) is 4.84 Å². The number of imide groups is 1. The largest absolute Gasteiger partial charge is 0.378 e. The van der Waals surface area contributed by atoms with Crippen molar-refractivity contribution in [1.29, 1.82) is 0 Å². The fraction of sp³-hybridized carbons (Fsp3) is 0.231. The number of hydrogen-bond acceptors (Lipinski definition) is 5. The molecule has 32 heavy (non-hydrogen) atoms. The van der Waals surface area contributed by atoms with Gasteiger partial charge in [-0.25, -0.2) is 9.96 Å². The van der Waals surface area contributed by atoms with Crippen molar-refractivity contribution < 1.29 is 14.4 Å². The number of rotatable bonds is 4. The number of fused-ring (bicyclic) bond motifs is 1. The van der Waals surface area contributed by atoms with E-state index in [0.717, 1.165) is 22.5 Å². The van der Waals surface area contributed by atoms with Crippen molar-refractivity contribution >= 4 is 28.9 Å². The Labute approximate surface area is 187 Å². The van der Waals surface area contributed by atoms with E-state index in [1.54, 1.807) is 11.1 Å². The SMILES string of the molecule is Cc1cccc(N2C(=O)[C@@H]3[C@@H](c4ccc(N(C)C)cc4)N(c4ccccc4)O[C@H]3C2=O)c1. The minimum Gasteiger partial charge on any atom is -0.378 e. The predicted octanol–water partition coefficient (Wildman–Crippen LogP) is 4.11. The van der Waals surface area contributed by atoms with Crippen LogP contribution in [-0.2, 0) is 14.4 Å². The Morgan fingerprint density at radius 1 is 0.812 bits per heavy atom. The summed E-state index contributed by atoms with van der Waals surface area (Å²) < 4.78 is 0. The topological polar surface area (TPSA) is 53.1 Å². The number of aryl methyl sites for hydroxylation is 1. The minimum atomic E-state index is -0.859. The first-order valence-corrected chi connectivity index (χ1v) is 10.7. The maximum Gasteiger partial charge on any atom is 0.266 e. The van der Waals surface area contributed by atoms with Crippen LogP contribution in [0.5, 0.6) is 0 Å². The standard InChI is InChI=1S/C26H25N3O3/c1-17-8-7-11-21(16-17)28-25(30)22-23(18-12-14-19(15-13-18)27(2)3)29(32-24(22)26(28)31)20-9-5-4-6-10-20/h4-16,22-24H,1-3H3/t22-,23-,24-/m1/s1. The molecule has 3 aromatic carbocycles. The lowest BCUT2D eigenvalue weighted by atomic mass is 9.90. The molecule has 0 unspecified atom stereocenters. The first-order valence-electron chi connectivity index (χ1n) is 10.7. The third-order valence-electron chi connectivity index (χ3n) is 6.14. The van der Waals surface area contributed by atoms with Crippen LogP contribution in [-0.4, -0.2) is 32.0 Å². The van der Waals surface area contributed by atoms with Gasteiger partial charge in [0.25, 0.3) is 5.91 Å². The highest BCUT2D eigenvalue weighted by Gasteiger charge is 2.60. The number of carbonyl (C=O) groups excluding carboxylic acids is 2. The molecule has 0 spiro atoms. The third kappa shape index (κ3) is 3.24. The quantitative estimate of drug-likeness (QED) is 0.587. The Kier molecular flexibility index (Phi) is 4.94. The molecule has 6 nitrogen and oxygen atoms in total. The summed E-state index contributed by atoms with van der Waals surface area (Å²) in [6.07, 6.45) is -0.859. The van der Waals surface area contributed by atoms with Gasteiger partial charge in [-0.2, -0.15) is 0 Å². The summed E-state index contributed by atoms with van der Waals surface area (Å²) in [6, 6.07) is 24.7. The smallest absolute Gasteiger partial charge is 0.266 e. The van der Waals surface area contributed by atoms with E-state index < -0.39 is 18.1 Å². The Morgan fingerprint density at radius 2 is 1.50 bits per heavy atom. The number of para-hydroxylation sites is 1. The molecule has 0 radical (unpaired) electrons. The van der Waals surface area contributed by atoms with Gasteiger partial charge in [0.1, 0.15) is 5.92 Å². The van der Waals surface area contributed by atoms with Crippen LogP contribution in [0, 0.1) is 12.8 Å². The monoisotopic (exact) mass is 427 g/mol. The van der Waals surface area contributed by atoms with Gasteiger partial charge in [-0.15, -0.1) is 0 Å². The lowest BCUT2D eigenvalue weighted by molar-refractivity contribution is -0.126. The minimum absolute atomic E-state index is 0.231. The molecule has 2 saturated heterocycles. The first kappa shape index (κ1) is 20.3. The van der Waals surface area contributed by atoms with Gasteiger partial charge in [0, 0.05) is 19.8 Å². The summed E-state index contributed by atoms with van der Waals surface area (Å²) in [7, 11) is 3.97. The Bertz CT molecular complexity index is 1160. The van der Waals surface area contributed by atoms with Crippen molar-refractivity contribution in [2.24, 2.45) is 5.92 Å². The molecule has 162 valence electrons. The molecular weight excluding hydrogens is 402 g/mol. The molecule has 3 aromatic rings. The zero-order valence-corrected chi connectivity index (χ0v) is 18.3. The number of carbonyl (C=O) groups is 2. The molecule has 2 amide bonds. The lowest BCUT2D eigenvalue weighted by Crippen LogP contribution is -2.37. The van der Waals surface area contributed by atoms with Crippen LogP contribution in [0.3, 0.4) is 0 Å². The molecular formula is C26H25N3O3. The highest BCUT2D eigenvalue weighted by Crippen LogP contribution is 2.47. The van der Waals surface area contributed by atoms with Crippen molar-refractivity contribution in [3.05, 3.63) is 90.0 Å². The maximum atomic E-state index is 13.6. The fourth-order valence-electron chi connectivity index (χ4n) is 4.54. The van der Waals surface area contributed by atoms with Crippen LogP contribution in [0.2, 0.25) is 0 Å². The van der Waals surface area contributed by atoms with Crippen LogP contribution in [0.4, 0.5) is 17.1 Å². The number of hydroxylamine groups is 1. The summed E-state index contributed by atoms with van der Waals surface area (Å²) in [5, 5.41) is 1.73. The Balaban J connectivity index is 1.57. The Hall–Kier alpha value is -3.64. The normalized spacial score (nSPS) is 22.4. The number of benzene rings is 3. The second-order valence-corrected chi connectivity index (χ2v) is 8.49. The van der Waals surface area contributed by atoms with Crippen LogP contribution in [0.1, 0.15) is 17.2 Å². The van der Waals surface area contributed by atoms with Crippen molar-refractivity contribution in [2.75, 3.05) is 29.0 Å². The summed E-state index contributed by atoms with van der Waals surface area (Å²) in [5.74, 6) is -1.18. The number of amides is 2. The van der Waals surface area contributed by atoms with Crippen LogP contribution in [0.15, 0.2) is 78.9 Å². The van der Waals surface area contributed by atoms with Crippen molar-refractivity contribution in [3.63, 3.8) is 0 Å². The van der Waals surface area contributed by atoms with Gasteiger partial charge in [-0.1, -0.05) is 42.5 Å². The molecule has 3 atom stereocenters. The van der Waals surface area contributed by atoms with Crippen LogP contribution >= 0.6 is 0 Å². The first-order chi connectivity index (χ1) is 15.5. The summed E-state index contributed by atoms with van der Waals surface area (Å²) in [6.45, 7) is 1.94. The van der Waals surface area contributed by atoms with Crippen molar-refractivity contribution in [2.45, 2.75) is 19.1 Å². The fourth-order valence-corrected chi connectivity index (χ4v) is 4.54. The molecule has 5 rings (SSSR count). The van der Waals surface area contributed by atoms with Gasteiger partial charge in [0.05, 0.1) is 17.4 Å². The molecule has 0 N–H and O–H groups in total. The van der Waals surface area contributed by atoms with Gasteiger partial charge in [0.15, 0.2) is 6.10 Å². The molecule has 2 heterocycles. The van der Waals surface area contributed by atoms with Crippen molar-refractivity contribution in [3.8, 4) is 0 Å². The average molecular weight is 428 g/mol. The zero-order chi connectivity index (χ0) is 22.4. The summed E-state index contributed by atoms with van der Waals surface area (Å²) in [4.78, 5) is 36.5. The lowest BCUT2D eigenvalue weighted by Gasteiger charge is -2.29. The maximum absolute atomic E-state index is 13.6. The number of hydrogen-bond donors (Lipinski definition) is 0. The second kappa shape index (κ2) is 7.80. The van der Waals surface area contributed by atoms with E-state index in [1.807, 2.05) is 98.7 Å². The van der Waals surface area contributed by atoms with Crippen LogP contribution in [0.25, 0.3) is 0 Å². The van der Waals surface area contributed by atoms with Gasteiger partial charge in [0.2, 0.25) is 5.91 Å². The number of anilines is 3. The highest BCUT2D eigenvalue weighted by molar-refractivity contribution is 6.24. The van der Waals surface area contributed by atoms with E-state index in [-0.39, 0.29) is 11.8 Å². The summed E-state index contributed by atoms with van der Waals surface area (Å²) in [5.41, 5.74) is 4.38. The second-order valence-electron chi connectivity index (χ2n) is 8.49. The molecule has 0 aromatic heterocycles. The molecule has 2 fully saturated rings. The average Bonchev–Trinajstić information content (AvgIpc) is 3.30. The van der Waals surface area contributed by atoms with E-state index in [2.05, 4.69) is 0 Å². The molecule has 2 aliphatic rings. The molecule has 2 aliphatic heterocycles. The van der Waals surface area contributed by atoms with E-state index >= 15 is 0 Å². The molecule has 0 saturated carbocycles. The van der Waals surface area contributed by atoms with E-state index in [0.29, 0.717) is 5.69 Å². The molecule has 0 aliphatic carbocycles. The summed E-state index contributed by atoms with van der Waals surface area (Å²) >= 11 is 0. The van der Waals surface area contributed by atoms with Crippen LogP contribution < -0.4 is 14.9 Å². The highest BCUT2D eigenvalue weighted by atomic mass is 16.7. The molecule has 0 bridgehead atoms. The Morgan fingerprint density at radius 3 is 2.16 bits per heavy atom. The third-order valence-corrected chi connectivity index (χ3v) is 6.14. The number of nitrogens with zero attached hydrogens (tertiary/aromatic N) is 3. The zero-order valence-electron chi connectivity index (χ0n) is 18.3.